The van der Waals surface area contributed by atoms with Crippen LogP contribution in [0.4, 0.5) is 5.69 Å². The fourth-order valence-electron chi connectivity index (χ4n) is 1.67. The first-order chi connectivity index (χ1) is 9.69. The minimum atomic E-state index is -0.344. The largest absolute Gasteiger partial charge is 0.462 e. The molecule has 1 amide bonds. The van der Waals surface area contributed by atoms with Crippen LogP contribution in [-0.4, -0.2) is 16.8 Å². The van der Waals surface area contributed by atoms with Gasteiger partial charge < -0.3 is 20.6 Å². The van der Waals surface area contributed by atoms with Crippen molar-refractivity contribution in [3.8, 4) is 0 Å². The molecule has 0 saturated heterocycles. The molecule has 106 valence electrons. The monoisotopic (exact) mass is 292 g/mol. The Morgan fingerprint density at radius 3 is 2.70 bits per heavy atom. The van der Waals surface area contributed by atoms with E-state index in [2.05, 4.69) is 5.32 Å². The van der Waals surface area contributed by atoms with Crippen molar-refractivity contribution >= 4 is 23.4 Å². The van der Waals surface area contributed by atoms with Crippen LogP contribution in [0.15, 0.2) is 45.7 Å². The molecule has 4 N–H and O–H groups in total. The predicted octanol–water partition coefficient (Wildman–Crippen LogP) is 1.96. The number of benzene rings is 1. The van der Waals surface area contributed by atoms with Crippen molar-refractivity contribution in [3.05, 3.63) is 47.9 Å². The summed E-state index contributed by atoms with van der Waals surface area (Å²) in [4.78, 5) is 11.8. The van der Waals surface area contributed by atoms with Gasteiger partial charge in [0.15, 0.2) is 0 Å². The van der Waals surface area contributed by atoms with Gasteiger partial charge in [-0.2, -0.15) is 0 Å². The van der Waals surface area contributed by atoms with Crippen LogP contribution in [0.1, 0.15) is 11.5 Å². The molecule has 1 aromatic carbocycles. The number of para-hydroxylation sites is 1. The van der Waals surface area contributed by atoms with Crippen molar-refractivity contribution in [1.82, 2.24) is 0 Å². The zero-order chi connectivity index (χ0) is 14.4. The fourth-order valence-corrected chi connectivity index (χ4v) is 2.44. The highest BCUT2D eigenvalue weighted by atomic mass is 32.2. The summed E-state index contributed by atoms with van der Waals surface area (Å²) >= 11 is 1.39. The molecule has 0 aliphatic carbocycles. The molecule has 0 radical (unpaired) electrons. The van der Waals surface area contributed by atoms with Gasteiger partial charge in [-0.1, -0.05) is 12.1 Å². The Morgan fingerprint density at radius 2 is 2.00 bits per heavy atom. The number of aliphatic hydroxyl groups excluding tert-OH is 1. The summed E-state index contributed by atoms with van der Waals surface area (Å²) < 4.78 is 5.40. The molecular formula is C14H16N2O3S. The maximum absolute atomic E-state index is 10.8. The molecule has 20 heavy (non-hydrogen) atoms. The van der Waals surface area contributed by atoms with Gasteiger partial charge in [0.2, 0.25) is 5.91 Å². The van der Waals surface area contributed by atoms with Gasteiger partial charge in [-0.25, -0.2) is 0 Å². The van der Waals surface area contributed by atoms with Crippen LogP contribution in [0.2, 0.25) is 0 Å². The van der Waals surface area contributed by atoms with Gasteiger partial charge in [0, 0.05) is 10.6 Å². The average Bonchev–Trinajstić information content (AvgIpc) is 2.91. The summed E-state index contributed by atoms with van der Waals surface area (Å²) in [7, 11) is 0. The van der Waals surface area contributed by atoms with E-state index in [1.807, 2.05) is 30.3 Å². The van der Waals surface area contributed by atoms with Crippen molar-refractivity contribution in [2.24, 2.45) is 5.73 Å². The highest BCUT2D eigenvalue weighted by Gasteiger charge is 2.06. The lowest BCUT2D eigenvalue weighted by Crippen LogP contribution is -2.13. The summed E-state index contributed by atoms with van der Waals surface area (Å²) in [6, 6.07) is 11.2. The van der Waals surface area contributed by atoms with Crippen LogP contribution in [-0.2, 0) is 17.9 Å². The zero-order valence-electron chi connectivity index (χ0n) is 10.8. The van der Waals surface area contributed by atoms with Gasteiger partial charge in [0.1, 0.15) is 18.1 Å². The maximum atomic E-state index is 10.8. The fraction of sp³-hybridized carbons (Fsp3) is 0.214. The molecule has 0 saturated carbocycles. The Bertz CT molecular complexity index is 583. The minimum absolute atomic E-state index is 0.106. The third-order valence-corrected chi connectivity index (χ3v) is 3.68. The number of hydrogen-bond acceptors (Lipinski definition) is 5. The van der Waals surface area contributed by atoms with E-state index in [1.165, 1.54) is 11.8 Å². The Balaban J connectivity index is 1.99. The van der Waals surface area contributed by atoms with Crippen LogP contribution in [0.25, 0.3) is 0 Å². The third kappa shape index (κ3) is 4.04. The second-order valence-electron chi connectivity index (χ2n) is 4.13. The smallest absolute Gasteiger partial charge is 0.227 e. The molecular weight excluding hydrogens is 276 g/mol. The number of carbonyl (C=O) groups is 1. The van der Waals surface area contributed by atoms with E-state index in [9.17, 15) is 4.79 Å². The molecule has 5 nitrogen and oxygen atoms in total. The van der Waals surface area contributed by atoms with Crippen molar-refractivity contribution in [3.63, 3.8) is 0 Å². The van der Waals surface area contributed by atoms with E-state index < -0.39 is 0 Å². The number of aliphatic hydroxyl groups is 1. The molecule has 1 aromatic heterocycles. The number of rotatable bonds is 7. The molecule has 0 aliphatic heterocycles. The quantitative estimate of drug-likeness (QED) is 0.679. The molecule has 0 fully saturated rings. The van der Waals surface area contributed by atoms with Crippen molar-refractivity contribution < 1.29 is 14.3 Å². The number of thioether (sulfide) groups is 1. The molecule has 1 heterocycles. The Hall–Kier alpha value is -1.92. The lowest BCUT2D eigenvalue weighted by molar-refractivity contribution is -0.115. The molecule has 6 heteroatoms. The third-order valence-electron chi connectivity index (χ3n) is 2.58. The molecule has 0 atom stereocenters. The van der Waals surface area contributed by atoms with Gasteiger partial charge in [-0.15, -0.1) is 11.8 Å². The highest BCUT2D eigenvalue weighted by molar-refractivity contribution is 8.00. The zero-order valence-corrected chi connectivity index (χ0v) is 11.7. The number of nitrogens with two attached hydrogens (primary N) is 1. The maximum Gasteiger partial charge on any atom is 0.227 e. The topological polar surface area (TPSA) is 88.5 Å². The van der Waals surface area contributed by atoms with Crippen LogP contribution in [0.5, 0.6) is 0 Å². The van der Waals surface area contributed by atoms with E-state index in [-0.39, 0.29) is 18.3 Å². The van der Waals surface area contributed by atoms with E-state index in [0.29, 0.717) is 12.3 Å². The van der Waals surface area contributed by atoms with Crippen LogP contribution in [0.3, 0.4) is 0 Å². The molecule has 0 bridgehead atoms. The molecule has 0 unspecified atom stereocenters. The first kappa shape index (κ1) is 14.5. The SMILES string of the molecule is NC(=O)CSc1ccccc1NCc1ccc(CO)o1. The van der Waals surface area contributed by atoms with Crippen molar-refractivity contribution in [2.75, 3.05) is 11.1 Å². The minimum Gasteiger partial charge on any atom is -0.462 e. The molecule has 0 aliphatic rings. The second kappa shape index (κ2) is 7.02. The normalized spacial score (nSPS) is 10.4. The molecule has 2 aromatic rings. The number of anilines is 1. The number of amides is 1. The second-order valence-corrected chi connectivity index (χ2v) is 5.15. The summed E-state index contributed by atoms with van der Waals surface area (Å²) in [5.74, 6) is 1.18. The summed E-state index contributed by atoms with van der Waals surface area (Å²) in [5.41, 5.74) is 6.07. The van der Waals surface area contributed by atoms with Crippen molar-refractivity contribution in [1.29, 1.82) is 0 Å². The van der Waals surface area contributed by atoms with Gasteiger partial charge in [-0.05, 0) is 24.3 Å². The Labute approximate surface area is 121 Å². The number of nitrogens with one attached hydrogen (secondary N) is 1. The van der Waals surface area contributed by atoms with E-state index in [0.717, 1.165) is 16.3 Å². The van der Waals surface area contributed by atoms with Gasteiger partial charge in [-0.3, -0.25) is 4.79 Å². The van der Waals surface area contributed by atoms with Gasteiger partial charge in [0.25, 0.3) is 0 Å². The van der Waals surface area contributed by atoms with Gasteiger partial charge in [0.05, 0.1) is 12.3 Å². The first-order valence-corrected chi connectivity index (χ1v) is 7.10. The summed E-state index contributed by atoms with van der Waals surface area (Å²) in [6.07, 6.45) is 0. The van der Waals surface area contributed by atoms with Gasteiger partial charge >= 0.3 is 0 Å². The number of hydrogen-bond donors (Lipinski definition) is 3. The molecule has 2 rings (SSSR count). The summed E-state index contributed by atoms with van der Waals surface area (Å²) in [6.45, 7) is 0.402. The lowest BCUT2D eigenvalue weighted by Gasteiger charge is -2.10. The summed E-state index contributed by atoms with van der Waals surface area (Å²) in [5, 5.41) is 12.2. The Morgan fingerprint density at radius 1 is 1.25 bits per heavy atom. The standard InChI is InChI=1S/C14H16N2O3S/c15-14(18)9-20-13-4-2-1-3-12(13)16-7-10-5-6-11(8-17)19-10/h1-6,16-17H,7-9H2,(H2,15,18). The lowest BCUT2D eigenvalue weighted by atomic mass is 10.3. The first-order valence-electron chi connectivity index (χ1n) is 6.11. The predicted molar refractivity (Wildman–Crippen MR) is 78.3 cm³/mol. The number of carbonyl (C=O) groups excluding carboxylic acids is 1. The van der Waals surface area contributed by atoms with Crippen LogP contribution in [0, 0.1) is 0 Å². The highest BCUT2D eigenvalue weighted by Crippen LogP contribution is 2.27. The van der Waals surface area contributed by atoms with E-state index in [1.54, 1.807) is 6.07 Å². The number of furan rings is 1. The van der Waals surface area contributed by atoms with E-state index in [4.69, 9.17) is 15.3 Å². The van der Waals surface area contributed by atoms with Crippen molar-refractivity contribution in [2.45, 2.75) is 18.0 Å². The van der Waals surface area contributed by atoms with Crippen LogP contribution >= 0.6 is 11.8 Å². The average molecular weight is 292 g/mol. The Kier molecular flexibility index (Phi) is 5.09. The molecule has 0 spiro atoms. The van der Waals surface area contributed by atoms with Crippen LogP contribution < -0.4 is 11.1 Å². The van der Waals surface area contributed by atoms with E-state index >= 15 is 0 Å². The number of primary amides is 1.